The predicted octanol–water partition coefficient (Wildman–Crippen LogP) is 0.587. The molecule has 98 valence electrons. The van der Waals surface area contributed by atoms with Gasteiger partial charge in [0.25, 0.3) is 5.56 Å². The molecule has 0 bridgehead atoms. The molecule has 0 saturated heterocycles. The van der Waals surface area contributed by atoms with Crippen LogP contribution in [0.3, 0.4) is 0 Å². The standard InChI is InChI=1S/C11H15N3O3S/c12-11(9(16)17)4-1-2-7(6-11)18-10-13-5-3-8(15)14-10/h3,5,7H,1-2,4,6,12H2,(H,16,17)(H,13,14,15). The Morgan fingerprint density at radius 3 is 3.11 bits per heavy atom. The van der Waals surface area contributed by atoms with Crippen LogP contribution in [0.25, 0.3) is 0 Å². The van der Waals surface area contributed by atoms with E-state index in [1.54, 1.807) is 0 Å². The molecule has 1 fully saturated rings. The fraction of sp³-hybridized carbons (Fsp3) is 0.545. The quantitative estimate of drug-likeness (QED) is 0.693. The zero-order chi connectivity index (χ0) is 13.2. The van der Waals surface area contributed by atoms with E-state index >= 15 is 0 Å². The summed E-state index contributed by atoms with van der Waals surface area (Å²) in [6.07, 6.45) is 3.99. The third kappa shape index (κ3) is 2.91. The molecule has 1 aliphatic rings. The molecule has 1 aromatic rings. The minimum Gasteiger partial charge on any atom is -0.480 e. The second kappa shape index (κ2) is 5.11. The van der Waals surface area contributed by atoms with Crippen molar-refractivity contribution in [1.29, 1.82) is 0 Å². The van der Waals surface area contributed by atoms with Crippen molar-refractivity contribution < 1.29 is 9.90 Å². The van der Waals surface area contributed by atoms with Gasteiger partial charge in [-0.05, 0) is 25.7 Å². The maximum absolute atomic E-state index is 11.1. The lowest BCUT2D eigenvalue weighted by Gasteiger charge is -2.33. The fourth-order valence-corrected chi connectivity index (χ4v) is 3.38. The van der Waals surface area contributed by atoms with Crippen molar-refractivity contribution in [2.45, 2.75) is 41.6 Å². The second-order valence-corrected chi connectivity index (χ2v) is 5.83. The summed E-state index contributed by atoms with van der Waals surface area (Å²) in [6, 6.07) is 1.34. The van der Waals surface area contributed by atoms with Crippen LogP contribution in [0, 0.1) is 0 Å². The highest BCUT2D eigenvalue weighted by Gasteiger charge is 2.39. The van der Waals surface area contributed by atoms with E-state index in [4.69, 9.17) is 10.8 Å². The van der Waals surface area contributed by atoms with Crippen molar-refractivity contribution in [1.82, 2.24) is 9.97 Å². The van der Waals surface area contributed by atoms with Crippen molar-refractivity contribution in [3.05, 3.63) is 22.6 Å². The Balaban J connectivity index is 2.06. The number of nitrogens with zero attached hydrogens (tertiary/aromatic N) is 1. The molecule has 1 heterocycles. The predicted molar refractivity (Wildman–Crippen MR) is 67.5 cm³/mol. The van der Waals surface area contributed by atoms with Gasteiger partial charge in [-0.3, -0.25) is 9.59 Å². The van der Waals surface area contributed by atoms with E-state index in [0.29, 0.717) is 18.0 Å². The summed E-state index contributed by atoms with van der Waals surface area (Å²) in [5, 5.41) is 9.71. The van der Waals surface area contributed by atoms with Gasteiger partial charge in [-0.15, -0.1) is 0 Å². The van der Waals surface area contributed by atoms with Gasteiger partial charge in [-0.2, -0.15) is 0 Å². The number of carboxylic acids is 1. The zero-order valence-corrected chi connectivity index (χ0v) is 10.6. The first kappa shape index (κ1) is 13.1. The molecule has 1 aromatic heterocycles. The smallest absolute Gasteiger partial charge is 0.323 e. The minimum absolute atomic E-state index is 0.0744. The summed E-state index contributed by atoms with van der Waals surface area (Å²) in [5.41, 5.74) is 4.51. The van der Waals surface area contributed by atoms with Crippen LogP contribution in [0.5, 0.6) is 0 Å². The first-order valence-corrected chi connectivity index (χ1v) is 6.62. The van der Waals surface area contributed by atoms with Gasteiger partial charge in [-0.1, -0.05) is 11.8 Å². The Bertz CT molecular complexity index is 504. The van der Waals surface area contributed by atoms with Gasteiger partial charge < -0.3 is 15.8 Å². The van der Waals surface area contributed by atoms with Gasteiger partial charge in [0.2, 0.25) is 0 Å². The molecule has 7 heteroatoms. The maximum Gasteiger partial charge on any atom is 0.323 e. The van der Waals surface area contributed by atoms with Gasteiger partial charge in [0.05, 0.1) is 0 Å². The first-order valence-electron chi connectivity index (χ1n) is 5.74. The number of hydrogen-bond donors (Lipinski definition) is 3. The van der Waals surface area contributed by atoms with Crippen LogP contribution < -0.4 is 11.3 Å². The molecule has 2 unspecified atom stereocenters. The summed E-state index contributed by atoms with van der Waals surface area (Å²) in [6.45, 7) is 0. The lowest BCUT2D eigenvalue weighted by molar-refractivity contribution is -0.144. The van der Waals surface area contributed by atoms with Crippen molar-refractivity contribution in [3.8, 4) is 0 Å². The second-order valence-electron chi connectivity index (χ2n) is 4.54. The Morgan fingerprint density at radius 1 is 1.67 bits per heavy atom. The lowest BCUT2D eigenvalue weighted by atomic mass is 9.82. The van der Waals surface area contributed by atoms with E-state index < -0.39 is 11.5 Å². The monoisotopic (exact) mass is 269 g/mol. The third-order valence-corrected chi connectivity index (χ3v) is 4.26. The number of H-pyrrole nitrogens is 1. The molecule has 4 N–H and O–H groups in total. The number of carbonyl (C=O) groups is 1. The molecule has 6 nitrogen and oxygen atoms in total. The number of nitrogens with one attached hydrogen (secondary N) is 1. The Morgan fingerprint density at radius 2 is 2.44 bits per heavy atom. The summed E-state index contributed by atoms with van der Waals surface area (Å²) in [4.78, 5) is 28.9. The molecule has 0 amide bonds. The van der Waals surface area contributed by atoms with E-state index in [-0.39, 0.29) is 10.8 Å². The lowest BCUT2D eigenvalue weighted by Crippen LogP contribution is -2.51. The maximum atomic E-state index is 11.1. The van der Waals surface area contributed by atoms with E-state index in [0.717, 1.165) is 12.8 Å². The first-order chi connectivity index (χ1) is 8.49. The van der Waals surface area contributed by atoms with E-state index in [9.17, 15) is 9.59 Å². The van der Waals surface area contributed by atoms with Crippen molar-refractivity contribution in [2.75, 3.05) is 0 Å². The van der Waals surface area contributed by atoms with Gasteiger partial charge in [0.15, 0.2) is 5.16 Å². The van der Waals surface area contributed by atoms with Crippen molar-refractivity contribution in [2.24, 2.45) is 5.73 Å². The molecule has 0 aliphatic heterocycles. The molecule has 18 heavy (non-hydrogen) atoms. The van der Waals surface area contributed by atoms with E-state index in [2.05, 4.69) is 9.97 Å². The van der Waals surface area contributed by atoms with Crippen LogP contribution >= 0.6 is 11.8 Å². The van der Waals surface area contributed by atoms with Gasteiger partial charge in [0, 0.05) is 17.5 Å². The topological polar surface area (TPSA) is 109 Å². The molecule has 2 rings (SSSR count). The Kier molecular flexibility index (Phi) is 3.72. The normalized spacial score (nSPS) is 27.9. The van der Waals surface area contributed by atoms with Crippen LogP contribution in [0.15, 0.2) is 22.2 Å². The molecule has 1 saturated carbocycles. The number of carboxylic acid groups (broad SMARTS) is 1. The molecule has 2 atom stereocenters. The summed E-state index contributed by atoms with van der Waals surface area (Å²) >= 11 is 1.39. The molecule has 0 aromatic carbocycles. The molecular weight excluding hydrogens is 254 g/mol. The average Bonchev–Trinajstić information content (AvgIpc) is 2.29. The molecule has 0 spiro atoms. The highest BCUT2D eigenvalue weighted by molar-refractivity contribution is 7.99. The highest BCUT2D eigenvalue weighted by Crippen LogP contribution is 2.35. The largest absolute Gasteiger partial charge is 0.480 e. The Labute approximate surface area is 108 Å². The van der Waals surface area contributed by atoms with Crippen LogP contribution in [-0.4, -0.2) is 31.8 Å². The molecular formula is C11H15N3O3S. The molecule has 0 radical (unpaired) electrons. The molecule has 1 aliphatic carbocycles. The number of aromatic amines is 1. The van der Waals surface area contributed by atoms with E-state index in [1.807, 2.05) is 0 Å². The van der Waals surface area contributed by atoms with E-state index in [1.165, 1.54) is 24.0 Å². The van der Waals surface area contributed by atoms with Crippen LogP contribution in [0.1, 0.15) is 25.7 Å². The van der Waals surface area contributed by atoms with Crippen LogP contribution in [-0.2, 0) is 4.79 Å². The van der Waals surface area contributed by atoms with Gasteiger partial charge >= 0.3 is 5.97 Å². The highest BCUT2D eigenvalue weighted by atomic mass is 32.2. The van der Waals surface area contributed by atoms with Gasteiger partial charge in [0.1, 0.15) is 5.54 Å². The van der Waals surface area contributed by atoms with Crippen molar-refractivity contribution in [3.63, 3.8) is 0 Å². The number of aromatic nitrogens is 2. The number of nitrogens with two attached hydrogens (primary N) is 1. The number of aliphatic carboxylic acids is 1. The zero-order valence-electron chi connectivity index (χ0n) is 9.76. The summed E-state index contributed by atoms with van der Waals surface area (Å²) in [5.74, 6) is -0.956. The number of thioether (sulfide) groups is 1. The number of hydrogen-bond acceptors (Lipinski definition) is 5. The van der Waals surface area contributed by atoms with Crippen molar-refractivity contribution >= 4 is 17.7 Å². The summed E-state index contributed by atoms with van der Waals surface area (Å²) < 4.78 is 0. The fourth-order valence-electron chi connectivity index (χ4n) is 2.12. The van der Waals surface area contributed by atoms with Crippen LogP contribution in [0.4, 0.5) is 0 Å². The van der Waals surface area contributed by atoms with Gasteiger partial charge in [-0.25, -0.2) is 4.98 Å². The number of rotatable bonds is 3. The average molecular weight is 269 g/mol. The summed E-state index contributed by atoms with van der Waals surface area (Å²) in [7, 11) is 0. The SMILES string of the molecule is NC1(C(=O)O)CCCC(Sc2nccc(=O)[nH]2)C1. The van der Waals surface area contributed by atoms with Crippen LogP contribution in [0.2, 0.25) is 0 Å². The minimum atomic E-state index is -1.15. The third-order valence-electron chi connectivity index (χ3n) is 3.09. The Hall–Kier alpha value is -1.34.